The van der Waals surface area contributed by atoms with Crippen molar-refractivity contribution in [2.45, 2.75) is 26.0 Å². The Labute approximate surface area is 101 Å². The molecule has 0 radical (unpaired) electrons. The predicted molar refractivity (Wildman–Crippen MR) is 66.8 cm³/mol. The summed E-state index contributed by atoms with van der Waals surface area (Å²) in [6.45, 7) is 5.04. The predicted octanol–water partition coefficient (Wildman–Crippen LogP) is 1.46. The molecule has 2 N–H and O–H groups in total. The zero-order valence-corrected chi connectivity index (χ0v) is 10.2. The van der Waals surface area contributed by atoms with Crippen LogP contribution in [-0.4, -0.2) is 25.2 Å². The summed E-state index contributed by atoms with van der Waals surface area (Å²) in [5.74, 6) is -0.0430. The van der Waals surface area contributed by atoms with Crippen LogP contribution in [0.3, 0.4) is 0 Å². The van der Waals surface area contributed by atoms with Crippen molar-refractivity contribution in [3.8, 4) is 0 Å². The van der Waals surface area contributed by atoms with Crippen LogP contribution in [0.2, 0.25) is 0 Å². The Morgan fingerprint density at radius 2 is 2.12 bits per heavy atom. The van der Waals surface area contributed by atoms with Crippen LogP contribution in [0.1, 0.15) is 25.5 Å². The molecule has 0 aromatic heterocycles. The number of nitrogens with two attached hydrogens (primary N) is 1. The molecule has 1 aromatic carbocycles. The molecule has 0 aliphatic carbocycles. The lowest BCUT2D eigenvalue weighted by molar-refractivity contribution is -0.119. The van der Waals surface area contributed by atoms with E-state index in [1.807, 2.05) is 38.1 Å². The molecule has 1 atom stereocenters. The number of anilines is 1. The van der Waals surface area contributed by atoms with E-state index in [-0.39, 0.29) is 12.0 Å². The lowest BCUT2D eigenvalue weighted by Crippen LogP contribution is -2.34. The Bertz CT molecular complexity index is 418. The number of benzene rings is 1. The minimum atomic E-state index is -0.523. The van der Waals surface area contributed by atoms with E-state index in [4.69, 9.17) is 10.5 Å². The van der Waals surface area contributed by atoms with E-state index >= 15 is 0 Å². The summed E-state index contributed by atoms with van der Waals surface area (Å²) in [5, 5.41) is 0. The zero-order valence-electron chi connectivity index (χ0n) is 10.2. The van der Waals surface area contributed by atoms with Gasteiger partial charge in [-0.25, -0.2) is 0 Å². The van der Waals surface area contributed by atoms with Gasteiger partial charge in [0.25, 0.3) is 0 Å². The first-order valence-electron chi connectivity index (χ1n) is 5.88. The van der Waals surface area contributed by atoms with E-state index in [1.165, 1.54) is 0 Å². The largest absolute Gasteiger partial charge is 0.377 e. The quantitative estimate of drug-likeness (QED) is 0.858. The van der Waals surface area contributed by atoms with Crippen molar-refractivity contribution in [3.63, 3.8) is 0 Å². The molecule has 4 nitrogen and oxygen atoms in total. The number of hydrogen-bond donors (Lipinski definition) is 1. The molecule has 92 valence electrons. The summed E-state index contributed by atoms with van der Waals surface area (Å²) < 4.78 is 5.47. The van der Waals surface area contributed by atoms with Crippen molar-refractivity contribution in [3.05, 3.63) is 29.8 Å². The fourth-order valence-electron chi connectivity index (χ4n) is 2.03. The second-order valence-corrected chi connectivity index (χ2v) is 4.45. The normalized spacial score (nSPS) is 18.9. The SMILES string of the molecule is CC(C)OCCN1C(=O)C(N)c2ccccc21. The number of rotatable bonds is 4. The van der Waals surface area contributed by atoms with Gasteiger partial charge in [-0.1, -0.05) is 18.2 Å². The Morgan fingerprint density at radius 1 is 1.41 bits per heavy atom. The van der Waals surface area contributed by atoms with Crippen LogP contribution >= 0.6 is 0 Å². The van der Waals surface area contributed by atoms with Gasteiger partial charge in [0.15, 0.2) is 0 Å². The lowest BCUT2D eigenvalue weighted by Gasteiger charge is -2.18. The Kier molecular flexibility index (Phi) is 3.45. The highest BCUT2D eigenvalue weighted by atomic mass is 16.5. The molecular formula is C13H18N2O2. The molecule has 1 aliphatic heterocycles. The van der Waals surface area contributed by atoms with Crippen LogP contribution in [0, 0.1) is 0 Å². The number of para-hydroxylation sites is 1. The fraction of sp³-hybridized carbons (Fsp3) is 0.462. The first-order chi connectivity index (χ1) is 8.11. The molecule has 1 amide bonds. The van der Waals surface area contributed by atoms with Crippen molar-refractivity contribution in [1.29, 1.82) is 0 Å². The van der Waals surface area contributed by atoms with Gasteiger partial charge < -0.3 is 15.4 Å². The number of carbonyl (C=O) groups is 1. The van der Waals surface area contributed by atoms with Gasteiger partial charge in [0.2, 0.25) is 5.91 Å². The molecule has 0 fully saturated rings. The maximum absolute atomic E-state index is 12.0. The number of carbonyl (C=O) groups excluding carboxylic acids is 1. The topological polar surface area (TPSA) is 55.6 Å². The molecule has 0 saturated carbocycles. The van der Waals surface area contributed by atoms with E-state index in [0.717, 1.165) is 11.3 Å². The third-order valence-corrected chi connectivity index (χ3v) is 2.86. The molecule has 2 rings (SSSR count). The maximum atomic E-state index is 12.0. The Hall–Kier alpha value is -1.39. The first kappa shape index (κ1) is 12.1. The third kappa shape index (κ3) is 2.33. The standard InChI is InChI=1S/C13H18N2O2/c1-9(2)17-8-7-15-11-6-4-3-5-10(11)12(14)13(15)16/h3-6,9,12H,7-8,14H2,1-2H3. The zero-order chi connectivity index (χ0) is 12.4. The number of nitrogens with zero attached hydrogens (tertiary/aromatic N) is 1. The lowest BCUT2D eigenvalue weighted by atomic mass is 10.1. The number of amides is 1. The molecule has 0 bridgehead atoms. The average Bonchev–Trinajstić information content (AvgIpc) is 2.54. The second kappa shape index (κ2) is 4.85. The van der Waals surface area contributed by atoms with Crippen LogP contribution in [0.15, 0.2) is 24.3 Å². The minimum Gasteiger partial charge on any atom is -0.377 e. The maximum Gasteiger partial charge on any atom is 0.248 e. The van der Waals surface area contributed by atoms with Gasteiger partial charge in [-0.05, 0) is 19.9 Å². The summed E-state index contributed by atoms with van der Waals surface area (Å²) in [7, 11) is 0. The molecule has 1 aromatic rings. The van der Waals surface area contributed by atoms with Gasteiger partial charge in [0.05, 0.1) is 12.7 Å². The van der Waals surface area contributed by atoms with E-state index in [2.05, 4.69) is 0 Å². The number of fused-ring (bicyclic) bond motifs is 1. The molecule has 17 heavy (non-hydrogen) atoms. The van der Waals surface area contributed by atoms with Crippen LogP contribution in [0.4, 0.5) is 5.69 Å². The Balaban J connectivity index is 2.10. The van der Waals surface area contributed by atoms with Gasteiger partial charge in [-0.3, -0.25) is 4.79 Å². The molecule has 0 saturated heterocycles. The monoisotopic (exact) mass is 234 g/mol. The summed E-state index contributed by atoms with van der Waals surface area (Å²) in [4.78, 5) is 13.7. The van der Waals surface area contributed by atoms with Crippen LogP contribution in [-0.2, 0) is 9.53 Å². The van der Waals surface area contributed by atoms with Crippen molar-refractivity contribution >= 4 is 11.6 Å². The van der Waals surface area contributed by atoms with E-state index in [9.17, 15) is 4.79 Å². The fourth-order valence-corrected chi connectivity index (χ4v) is 2.03. The van der Waals surface area contributed by atoms with Crippen molar-refractivity contribution < 1.29 is 9.53 Å². The van der Waals surface area contributed by atoms with Crippen molar-refractivity contribution in [2.24, 2.45) is 5.73 Å². The van der Waals surface area contributed by atoms with Gasteiger partial charge in [-0.15, -0.1) is 0 Å². The number of hydrogen-bond acceptors (Lipinski definition) is 3. The molecule has 0 spiro atoms. The molecule has 1 heterocycles. The van der Waals surface area contributed by atoms with E-state index < -0.39 is 6.04 Å². The summed E-state index contributed by atoms with van der Waals surface area (Å²) >= 11 is 0. The first-order valence-corrected chi connectivity index (χ1v) is 5.88. The highest BCUT2D eigenvalue weighted by Crippen LogP contribution is 2.33. The van der Waals surface area contributed by atoms with Crippen molar-refractivity contribution in [1.82, 2.24) is 0 Å². The Morgan fingerprint density at radius 3 is 2.82 bits per heavy atom. The molecule has 4 heteroatoms. The summed E-state index contributed by atoms with van der Waals surface area (Å²) in [5.41, 5.74) is 7.70. The van der Waals surface area contributed by atoms with Crippen LogP contribution < -0.4 is 10.6 Å². The van der Waals surface area contributed by atoms with E-state index in [0.29, 0.717) is 13.2 Å². The average molecular weight is 234 g/mol. The van der Waals surface area contributed by atoms with Crippen LogP contribution in [0.5, 0.6) is 0 Å². The van der Waals surface area contributed by atoms with Crippen LogP contribution in [0.25, 0.3) is 0 Å². The summed E-state index contributed by atoms with van der Waals surface area (Å²) in [6.07, 6.45) is 0.177. The smallest absolute Gasteiger partial charge is 0.248 e. The van der Waals surface area contributed by atoms with Gasteiger partial charge in [0.1, 0.15) is 6.04 Å². The highest BCUT2D eigenvalue weighted by molar-refractivity contribution is 6.04. The number of ether oxygens (including phenoxy) is 1. The van der Waals surface area contributed by atoms with Crippen molar-refractivity contribution in [2.75, 3.05) is 18.1 Å². The molecule has 1 unspecified atom stereocenters. The highest BCUT2D eigenvalue weighted by Gasteiger charge is 2.33. The molecular weight excluding hydrogens is 216 g/mol. The van der Waals surface area contributed by atoms with E-state index in [1.54, 1.807) is 4.90 Å². The van der Waals surface area contributed by atoms with Gasteiger partial charge in [-0.2, -0.15) is 0 Å². The second-order valence-electron chi connectivity index (χ2n) is 4.45. The van der Waals surface area contributed by atoms with Gasteiger partial charge in [0, 0.05) is 17.8 Å². The van der Waals surface area contributed by atoms with Gasteiger partial charge >= 0.3 is 0 Å². The summed E-state index contributed by atoms with van der Waals surface area (Å²) in [6, 6.07) is 7.13. The minimum absolute atomic E-state index is 0.0430. The third-order valence-electron chi connectivity index (χ3n) is 2.86. The molecule has 1 aliphatic rings.